The first-order chi connectivity index (χ1) is 11.6. The summed E-state index contributed by atoms with van der Waals surface area (Å²) in [5, 5.41) is 13.9. The van der Waals surface area contributed by atoms with Gasteiger partial charge in [0.05, 0.1) is 5.60 Å². The largest absolute Gasteiger partial charge is 0.388 e. The summed E-state index contributed by atoms with van der Waals surface area (Å²) in [6.45, 7) is 0.391. The Morgan fingerprint density at radius 1 is 1.17 bits per heavy atom. The van der Waals surface area contributed by atoms with E-state index in [1.54, 1.807) is 11.9 Å². The van der Waals surface area contributed by atoms with Gasteiger partial charge in [-0.15, -0.1) is 0 Å². The van der Waals surface area contributed by atoms with E-state index < -0.39 is 5.60 Å². The van der Waals surface area contributed by atoms with Crippen molar-refractivity contribution >= 4 is 27.6 Å². The number of rotatable bonds is 3. The molecule has 4 heteroatoms. The molecule has 0 radical (unpaired) electrons. The molecule has 1 aliphatic rings. The summed E-state index contributed by atoms with van der Waals surface area (Å²) in [5.41, 5.74) is 0.818. The van der Waals surface area contributed by atoms with Gasteiger partial charge in [-0.3, -0.25) is 4.79 Å². The zero-order valence-corrected chi connectivity index (χ0v) is 13.9. The molecule has 0 aliphatic heterocycles. The predicted octanol–water partition coefficient (Wildman–Crippen LogP) is 3.70. The van der Waals surface area contributed by atoms with Crippen LogP contribution in [0.25, 0.3) is 21.7 Å². The van der Waals surface area contributed by atoms with E-state index in [1.165, 1.54) is 0 Å². The van der Waals surface area contributed by atoms with Crippen LogP contribution < -0.4 is 0 Å². The van der Waals surface area contributed by atoms with Crippen LogP contribution in [0.1, 0.15) is 36.2 Å². The first-order valence-corrected chi connectivity index (χ1v) is 8.54. The van der Waals surface area contributed by atoms with E-state index in [0.29, 0.717) is 12.2 Å². The summed E-state index contributed by atoms with van der Waals surface area (Å²) in [7, 11) is 1.77. The summed E-state index contributed by atoms with van der Waals surface area (Å²) < 4.78 is 0. The molecule has 1 fully saturated rings. The van der Waals surface area contributed by atoms with Crippen molar-refractivity contribution in [2.24, 2.45) is 0 Å². The fraction of sp³-hybridized carbons (Fsp3) is 0.350. The molecule has 1 heterocycles. The van der Waals surface area contributed by atoms with Crippen molar-refractivity contribution in [3.8, 4) is 0 Å². The van der Waals surface area contributed by atoms with Crippen LogP contribution in [-0.2, 0) is 0 Å². The molecule has 4 rings (SSSR count). The van der Waals surface area contributed by atoms with Gasteiger partial charge in [0.25, 0.3) is 5.91 Å². The number of carbonyl (C=O) groups excluding carboxylic acids is 1. The molecule has 24 heavy (non-hydrogen) atoms. The SMILES string of the molecule is CN(CC1(O)CCCC1)C(=O)c1cc2c(ccc3ccccc32)[nH]1. The van der Waals surface area contributed by atoms with E-state index in [2.05, 4.69) is 23.2 Å². The maximum atomic E-state index is 12.8. The fourth-order valence-electron chi connectivity index (χ4n) is 3.91. The average molecular weight is 322 g/mol. The molecule has 0 saturated heterocycles. The Morgan fingerprint density at radius 3 is 2.71 bits per heavy atom. The molecule has 0 unspecified atom stereocenters. The van der Waals surface area contributed by atoms with Crippen molar-refractivity contribution in [1.82, 2.24) is 9.88 Å². The van der Waals surface area contributed by atoms with E-state index in [1.807, 2.05) is 24.3 Å². The maximum absolute atomic E-state index is 12.8. The molecular weight excluding hydrogens is 300 g/mol. The Kier molecular flexibility index (Phi) is 3.57. The van der Waals surface area contributed by atoms with Gasteiger partial charge in [-0.25, -0.2) is 0 Å². The second kappa shape index (κ2) is 5.64. The van der Waals surface area contributed by atoms with E-state index in [4.69, 9.17) is 0 Å². The number of H-pyrrole nitrogens is 1. The maximum Gasteiger partial charge on any atom is 0.270 e. The molecule has 0 spiro atoms. The summed E-state index contributed by atoms with van der Waals surface area (Å²) >= 11 is 0. The lowest BCUT2D eigenvalue weighted by molar-refractivity contribution is 0.0155. The molecule has 124 valence electrons. The highest BCUT2D eigenvalue weighted by Crippen LogP contribution is 2.31. The van der Waals surface area contributed by atoms with Crippen molar-refractivity contribution in [3.05, 3.63) is 48.2 Å². The second-order valence-electron chi connectivity index (χ2n) is 7.02. The first-order valence-electron chi connectivity index (χ1n) is 8.54. The van der Waals surface area contributed by atoms with Gasteiger partial charge in [0.1, 0.15) is 5.69 Å². The van der Waals surface area contributed by atoms with E-state index >= 15 is 0 Å². The molecule has 1 saturated carbocycles. The standard InChI is InChI=1S/C20H22N2O2/c1-22(13-20(24)10-4-5-11-20)19(23)18-12-16-15-7-3-2-6-14(15)8-9-17(16)21-18/h2-3,6-9,12,21,24H,4-5,10-11,13H2,1H3. The van der Waals surface area contributed by atoms with Gasteiger partial charge < -0.3 is 15.0 Å². The summed E-state index contributed by atoms with van der Waals surface area (Å²) in [4.78, 5) is 17.6. The van der Waals surface area contributed by atoms with Gasteiger partial charge >= 0.3 is 0 Å². The lowest BCUT2D eigenvalue weighted by Gasteiger charge is -2.28. The summed E-state index contributed by atoms with van der Waals surface area (Å²) in [6, 6.07) is 14.2. The number of nitrogens with one attached hydrogen (secondary N) is 1. The zero-order chi connectivity index (χ0) is 16.7. The first kappa shape index (κ1) is 15.2. The number of hydrogen-bond acceptors (Lipinski definition) is 2. The molecule has 2 N–H and O–H groups in total. The van der Waals surface area contributed by atoms with Gasteiger partial charge in [0.2, 0.25) is 0 Å². The topological polar surface area (TPSA) is 56.3 Å². The summed E-state index contributed by atoms with van der Waals surface area (Å²) in [6.07, 6.45) is 3.64. The third-order valence-corrected chi connectivity index (χ3v) is 5.17. The summed E-state index contributed by atoms with van der Waals surface area (Å²) in [5.74, 6) is -0.0735. The number of nitrogens with zero attached hydrogens (tertiary/aromatic N) is 1. The monoisotopic (exact) mass is 322 g/mol. The molecule has 2 aromatic carbocycles. The number of aliphatic hydroxyl groups is 1. The third-order valence-electron chi connectivity index (χ3n) is 5.17. The number of amides is 1. The van der Waals surface area contributed by atoms with Gasteiger partial charge in [0.15, 0.2) is 0 Å². The Morgan fingerprint density at radius 2 is 1.92 bits per heavy atom. The highest BCUT2D eigenvalue weighted by molar-refractivity contribution is 6.09. The molecule has 0 bridgehead atoms. The van der Waals surface area contributed by atoms with E-state index in [0.717, 1.165) is 47.4 Å². The normalized spacial score (nSPS) is 16.8. The second-order valence-corrected chi connectivity index (χ2v) is 7.02. The van der Waals surface area contributed by atoms with Crippen LogP contribution >= 0.6 is 0 Å². The smallest absolute Gasteiger partial charge is 0.270 e. The molecule has 1 aliphatic carbocycles. The van der Waals surface area contributed by atoms with Crippen LogP contribution in [0.5, 0.6) is 0 Å². The van der Waals surface area contributed by atoms with Crippen LogP contribution in [0.3, 0.4) is 0 Å². The van der Waals surface area contributed by atoms with Crippen LogP contribution in [0.15, 0.2) is 42.5 Å². The minimum Gasteiger partial charge on any atom is -0.388 e. The number of aromatic nitrogens is 1. The number of benzene rings is 2. The van der Waals surface area contributed by atoms with Crippen LogP contribution in [0.4, 0.5) is 0 Å². The average Bonchev–Trinajstić information content (AvgIpc) is 3.20. The third kappa shape index (κ3) is 2.57. The molecular formula is C20H22N2O2. The van der Waals surface area contributed by atoms with Crippen molar-refractivity contribution in [1.29, 1.82) is 0 Å². The molecule has 0 atom stereocenters. The lowest BCUT2D eigenvalue weighted by atomic mass is 10.0. The number of hydrogen-bond donors (Lipinski definition) is 2. The fourth-order valence-corrected chi connectivity index (χ4v) is 3.91. The minimum atomic E-state index is -0.719. The van der Waals surface area contributed by atoms with Gasteiger partial charge in [-0.1, -0.05) is 43.2 Å². The highest BCUT2D eigenvalue weighted by atomic mass is 16.3. The van der Waals surface area contributed by atoms with Crippen LogP contribution in [-0.4, -0.2) is 40.1 Å². The minimum absolute atomic E-state index is 0.0735. The number of aromatic amines is 1. The quantitative estimate of drug-likeness (QED) is 0.772. The highest BCUT2D eigenvalue weighted by Gasteiger charge is 2.33. The number of fused-ring (bicyclic) bond motifs is 3. The Balaban J connectivity index is 1.65. The van der Waals surface area contributed by atoms with Gasteiger partial charge in [-0.2, -0.15) is 0 Å². The van der Waals surface area contributed by atoms with Gasteiger partial charge in [0, 0.05) is 24.5 Å². The van der Waals surface area contributed by atoms with Crippen LogP contribution in [0.2, 0.25) is 0 Å². The van der Waals surface area contributed by atoms with Crippen molar-refractivity contribution in [3.63, 3.8) is 0 Å². The van der Waals surface area contributed by atoms with Crippen LogP contribution in [0, 0.1) is 0 Å². The number of likely N-dealkylation sites (N-methyl/N-ethyl adjacent to an activating group) is 1. The molecule has 1 amide bonds. The Bertz CT molecular complexity index is 906. The van der Waals surface area contributed by atoms with Crippen molar-refractivity contribution in [2.45, 2.75) is 31.3 Å². The predicted molar refractivity (Wildman–Crippen MR) is 96.2 cm³/mol. The Hall–Kier alpha value is -2.33. The van der Waals surface area contributed by atoms with Crippen molar-refractivity contribution < 1.29 is 9.90 Å². The zero-order valence-electron chi connectivity index (χ0n) is 13.9. The molecule has 3 aromatic rings. The molecule has 4 nitrogen and oxygen atoms in total. The Labute approximate surface area is 141 Å². The van der Waals surface area contributed by atoms with Crippen molar-refractivity contribution in [2.75, 3.05) is 13.6 Å². The molecule has 1 aromatic heterocycles. The van der Waals surface area contributed by atoms with Gasteiger partial charge in [-0.05, 0) is 35.7 Å². The lowest BCUT2D eigenvalue weighted by Crippen LogP contribution is -2.42. The number of carbonyl (C=O) groups is 1. The van der Waals surface area contributed by atoms with E-state index in [-0.39, 0.29) is 5.91 Å². The van der Waals surface area contributed by atoms with E-state index in [9.17, 15) is 9.90 Å².